The molecule has 0 aromatic heterocycles. The molecule has 0 radical (unpaired) electrons. The third-order valence-electron chi connectivity index (χ3n) is 5.17. The van der Waals surface area contributed by atoms with Crippen molar-refractivity contribution in [3.05, 3.63) is 34.6 Å². The van der Waals surface area contributed by atoms with Crippen LogP contribution in [0.2, 0.25) is 5.02 Å². The summed E-state index contributed by atoms with van der Waals surface area (Å²) in [6.07, 6.45) is 3.73. The molecule has 3 rings (SSSR count). The lowest BCUT2D eigenvalue weighted by Crippen LogP contribution is -2.40. The zero-order valence-electron chi connectivity index (χ0n) is 12.4. The average Bonchev–Trinajstić information content (AvgIpc) is 2.68. The molecule has 3 nitrogen and oxygen atoms in total. The predicted octanol–water partition coefficient (Wildman–Crippen LogP) is 2.65. The van der Waals surface area contributed by atoms with E-state index in [0.717, 1.165) is 18.7 Å². The summed E-state index contributed by atoms with van der Waals surface area (Å²) in [5.41, 5.74) is 6.96. The Bertz CT molecular complexity index is 510. The Kier molecular flexibility index (Phi) is 4.50. The molecule has 3 atom stereocenters. The maximum Gasteiger partial charge on any atom is 0.124 e. The molecule has 2 fully saturated rings. The van der Waals surface area contributed by atoms with Crippen LogP contribution in [0.4, 0.5) is 4.39 Å². The second-order valence-corrected chi connectivity index (χ2v) is 6.66. The Morgan fingerprint density at radius 1 is 1.33 bits per heavy atom. The molecule has 0 spiro atoms. The number of nitrogens with two attached hydrogens (primary N) is 1. The normalized spacial score (nSPS) is 28.6. The minimum absolute atomic E-state index is 0.0749. The maximum atomic E-state index is 13.3. The van der Waals surface area contributed by atoms with E-state index >= 15 is 0 Å². The van der Waals surface area contributed by atoms with Crippen molar-refractivity contribution in [3.8, 4) is 0 Å². The van der Waals surface area contributed by atoms with Crippen molar-refractivity contribution in [3.63, 3.8) is 0 Å². The minimum Gasteiger partial charge on any atom is -0.329 e. The number of hydrogen-bond donors (Lipinski definition) is 1. The summed E-state index contributed by atoms with van der Waals surface area (Å²) in [5, 5.41) is 0.480. The third-order valence-corrected chi connectivity index (χ3v) is 5.49. The zero-order chi connectivity index (χ0) is 15.0. The summed E-state index contributed by atoms with van der Waals surface area (Å²) in [6, 6.07) is 6.01. The summed E-state index contributed by atoms with van der Waals surface area (Å²) in [6.45, 7) is 2.55. The van der Waals surface area contributed by atoms with E-state index in [2.05, 4.69) is 16.8 Å². The number of nitrogens with zero attached hydrogens (tertiary/aromatic N) is 2. The van der Waals surface area contributed by atoms with Crippen molar-refractivity contribution in [1.82, 2.24) is 9.80 Å². The van der Waals surface area contributed by atoms with Crippen LogP contribution in [-0.4, -0.2) is 48.6 Å². The number of likely N-dealkylation sites (tertiary alicyclic amines) is 1. The lowest BCUT2D eigenvalue weighted by molar-refractivity contribution is 0.175. The van der Waals surface area contributed by atoms with E-state index in [-0.39, 0.29) is 11.9 Å². The Labute approximate surface area is 130 Å². The van der Waals surface area contributed by atoms with E-state index in [4.69, 9.17) is 17.3 Å². The summed E-state index contributed by atoms with van der Waals surface area (Å²) in [7, 11) is 2.23. The van der Waals surface area contributed by atoms with Gasteiger partial charge in [0.25, 0.3) is 0 Å². The molecule has 0 aliphatic carbocycles. The van der Waals surface area contributed by atoms with Crippen LogP contribution in [0.15, 0.2) is 18.2 Å². The van der Waals surface area contributed by atoms with Gasteiger partial charge in [0, 0.05) is 42.8 Å². The molecule has 2 aliphatic heterocycles. The van der Waals surface area contributed by atoms with E-state index in [0.29, 0.717) is 23.7 Å². The molecule has 1 aromatic rings. The van der Waals surface area contributed by atoms with E-state index in [1.165, 1.54) is 31.4 Å². The predicted molar refractivity (Wildman–Crippen MR) is 84.0 cm³/mol. The molecular weight excluding hydrogens is 289 g/mol. The van der Waals surface area contributed by atoms with Crippen LogP contribution in [0.5, 0.6) is 0 Å². The smallest absolute Gasteiger partial charge is 0.124 e. The average molecular weight is 312 g/mol. The highest BCUT2D eigenvalue weighted by atomic mass is 35.5. The molecule has 2 heterocycles. The van der Waals surface area contributed by atoms with Gasteiger partial charge in [-0.05, 0) is 44.0 Å². The molecule has 2 aliphatic rings. The summed E-state index contributed by atoms with van der Waals surface area (Å²) < 4.78 is 13.3. The lowest BCUT2D eigenvalue weighted by Gasteiger charge is -2.33. The quantitative estimate of drug-likeness (QED) is 0.931. The summed E-state index contributed by atoms with van der Waals surface area (Å²) in [5.74, 6) is -0.297. The number of benzene rings is 1. The van der Waals surface area contributed by atoms with Crippen molar-refractivity contribution in [2.24, 2.45) is 5.73 Å². The highest BCUT2D eigenvalue weighted by molar-refractivity contribution is 6.31. The highest BCUT2D eigenvalue weighted by Crippen LogP contribution is 2.34. The summed E-state index contributed by atoms with van der Waals surface area (Å²) in [4.78, 5) is 4.94. The van der Waals surface area contributed by atoms with Crippen LogP contribution in [-0.2, 0) is 0 Å². The van der Waals surface area contributed by atoms with Gasteiger partial charge in [0.1, 0.15) is 5.82 Å². The Hall–Kier alpha value is -0.680. The highest BCUT2D eigenvalue weighted by Gasteiger charge is 2.36. The monoisotopic (exact) mass is 311 g/mol. The molecule has 0 saturated carbocycles. The fraction of sp³-hybridized carbons (Fsp3) is 0.625. The van der Waals surface area contributed by atoms with E-state index in [1.54, 1.807) is 6.07 Å². The Morgan fingerprint density at radius 3 is 2.81 bits per heavy atom. The van der Waals surface area contributed by atoms with Crippen molar-refractivity contribution >= 4 is 11.6 Å². The molecule has 1 aromatic carbocycles. The van der Waals surface area contributed by atoms with Crippen molar-refractivity contribution in [1.29, 1.82) is 0 Å². The topological polar surface area (TPSA) is 32.5 Å². The second kappa shape index (κ2) is 6.21. The number of rotatable bonds is 3. The van der Waals surface area contributed by atoms with Gasteiger partial charge < -0.3 is 5.73 Å². The number of fused-ring (bicyclic) bond motifs is 2. The van der Waals surface area contributed by atoms with Gasteiger partial charge in [-0.25, -0.2) is 4.39 Å². The first kappa shape index (κ1) is 15.2. The number of halogens is 2. The molecule has 5 heteroatoms. The van der Waals surface area contributed by atoms with E-state index in [9.17, 15) is 4.39 Å². The molecular formula is C16H23ClFN3. The maximum absolute atomic E-state index is 13.3. The van der Waals surface area contributed by atoms with Crippen LogP contribution >= 0.6 is 11.6 Å². The summed E-state index contributed by atoms with van der Waals surface area (Å²) >= 11 is 6.24. The van der Waals surface area contributed by atoms with E-state index < -0.39 is 0 Å². The van der Waals surface area contributed by atoms with Crippen LogP contribution in [0.1, 0.15) is 30.9 Å². The Balaban J connectivity index is 1.83. The second-order valence-electron chi connectivity index (χ2n) is 6.25. The van der Waals surface area contributed by atoms with E-state index in [1.807, 2.05) is 0 Å². The van der Waals surface area contributed by atoms with Gasteiger partial charge in [-0.15, -0.1) is 0 Å². The van der Waals surface area contributed by atoms with Gasteiger partial charge in [-0.1, -0.05) is 17.7 Å². The van der Waals surface area contributed by atoms with Crippen molar-refractivity contribution < 1.29 is 4.39 Å². The van der Waals surface area contributed by atoms with Gasteiger partial charge in [-0.2, -0.15) is 0 Å². The number of likely N-dealkylation sites (N-methyl/N-ethyl adjacent to an activating group) is 1. The Morgan fingerprint density at radius 2 is 2.10 bits per heavy atom. The van der Waals surface area contributed by atoms with Crippen LogP contribution in [0.3, 0.4) is 0 Å². The van der Waals surface area contributed by atoms with Crippen LogP contribution in [0.25, 0.3) is 0 Å². The van der Waals surface area contributed by atoms with Gasteiger partial charge >= 0.3 is 0 Å². The largest absolute Gasteiger partial charge is 0.329 e. The molecule has 2 N–H and O–H groups in total. The number of hydrogen-bond acceptors (Lipinski definition) is 3. The van der Waals surface area contributed by atoms with Gasteiger partial charge in [0.05, 0.1) is 0 Å². The lowest BCUT2D eigenvalue weighted by atomic mass is 10.0. The first-order valence-corrected chi connectivity index (χ1v) is 8.09. The van der Waals surface area contributed by atoms with Gasteiger partial charge in [0.2, 0.25) is 0 Å². The van der Waals surface area contributed by atoms with Crippen molar-refractivity contribution in [2.75, 3.05) is 26.7 Å². The molecule has 2 bridgehead atoms. The third kappa shape index (κ3) is 2.95. The fourth-order valence-corrected chi connectivity index (χ4v) is 4.16. The standard InChI is InChI=1S/C16H23ClFN3/c1-20-12-3-4-13(20)10-21(7-6-12)16(9-19)14-5-2-11(18)8-15(14)17/h2,5,8,12-13,16H,3-4,6-7,9-10,19H2,1H3. The SMILES string of the molecule is CN1C2CCC1CN(C(CN)c1ccc(F)cc1Cl)CC2. The molecule has 0 amide bonds. The molecule has 3 unspecified atom stereocenters. The van der Waals surface area contributed by atoms with Gasteiger partial charge in [-0.3, -0.25) is 9.80 Å². The van der Waals surface area contributed by atoms with Crippen LogP contribution in [0, 0.1) is 5.82 Å². The van der Waals surface area contributed by atoms with Crippen molar-refractivity contribution in [2.45, 2.75) is 37.4 Å². The molecule has 116 valence electrons. The minimum atomic E-state index is -0.297. The molecule has 2 saturated heterocycles. The molecule has 21 heavy (non-hydrogen) atoms. The zero-order valence-corrected chi connectivity index (χ0v) is 13.2. The van der Waals surface area contributed by atoms with Crippen LogP contribution < -0.4 is 5.73 Å². The van der Waals surface area contributed by atoms with Gasteiger partial charge in [0.15, 0.2) is 0 Å². The fourth-order valence-electron chi connectivity index (χ4n) is 3.86. The first-order chi connectivity index (χ1) is 10.1. The first-order valence-electron chi connectivity index (χ1n) is 7.71.